The number of rotatable bonds is 6. The van der Waals surface area contributed by atoms with Gasteiger partial charge in [-0.05, 0) is 36.8 Å². The van der Waals surface area contributed by atoms with Crippen molar-refractivity contribution in [2.24, 2.45) is 0 Å². The van der Waals surface area contributed by atoms with E-state index in [0.717, 1.165) is 6.42 Å². The highest BCUT2D eigenvalue weighted by Gasteiger charge is 2.14. The summed E-state index contributed by atoms with van der Waals surface area (Å²) >= 11 is 6.07. The lowest BCUT2D eigenvalue weighted by molar-refractivity contribution is 0.0948. The minimum atomic E-state index is -0.156. The summed E-state index contributed by atoms with van der Waals surface area (Å²) in [4.78, 5) is 20.6. The molecule has 0 aliphatic heterocycles. The maximum absolute atomic E-state index is 12.1. The zero-order valence-corrected chi connectivity index (χ0v) is 13.8. The Balaban J connectivity index is 1.82. The van der Waals surface area contributed by atoms with Crippen LogP contribution in [-0.4, -0.2) is 36.1 Å². The molecule has 1 amide bonds. The molecule has 0 aliphatic carbocycles. The Bertz CT molecular complexity index is 863. The first-order chi connectivity index (χ1) is 11.7. The molecule has 0 radical (unpaired) electrons. The SMILES string of the molecule is COCCCNC(=O)c1ccc2oc(-c3cccnc3Cl)nc2c1. The van der Waals surface area contributed by atoms with Crippen LogP contribution >= 0.6 is 11.6 Å². The first kappa shape index (κ1) is 16.4. The molecule has 0 aliphatic rings. The Morgan fingerprint density at radius 1 is 1.38 bits per heavy atom. The van der Waals surface area contributed by atoms with Gasteiger partial charge in [-0.3, -0.25) is 4.79 Å². The van der Waals surface area contributed by atoms with Gasteiger partial charge in [-0.15, -0.1) is 0 Å². The number of ether oxygens (including phenoxy) is 1. The molecule has 3 aromatic rings. The van der Waals surface area contributed by atoms with Crippen molar-refractivity contribution < 1.29 is 13.9 Å². The molecule has 2 aromatic heterocycles. The summed E-state index contributed by atoms with van der Waals surface area (Å²) in [5.74, 6) is 0.220. The molecule has 0 saturated carbocycles. The number of halogens is 1. The zero-order valence-electron chi connectivity index (χ0n) is 13.1. The molecule has 0 saturated heterocycles. The smallest absolute Gasteiger partial charge is 0.251 e. The third-order valence-electron chi connectivity index (χ3n) is 3.45. The first-order valence-electron chi connectivity index (χ1n) is 7.47. The summed E-state index contributed by atoms with van der Waals surface area (Å²) in [5.41, 5.74) is 2.31. The van der Waals surface area contributed by atoms with Crippen molar-refractivity contribution in [2.75, 3.05) is 20.3 Å². The zero-order chi connectivity index (χ0) is 16.9. The second kappa shape index (κ2) is 7.42. The number of carbonyl (C=O) groups excluding carboxylic acids is 1. The highest BCUT2D eigenvalue weighted by atomic mass is 35.5. The Labute approximate surface area is 143 Å². The van der Waals surface area contributed by atoms with E-state index in [9.17, 15) is 4.79 Å². The lowest BCUT2D eigenvalue weighted by Crippen LogP contribution is -2.25. The standard InChI is InChI=1S/C17H16ClN3O3/c1-23-9-3-8-20-16(22)11-5-6-14-13(10-11)21-17(24-14)12-4-2-7-19-15(12)18/h2,4-7,10H,3,8-9H2,1H3,(H,20,22). The van der Waals surface area contributed by atoms with E-state index in [1.165, 1.54) is 0 Å². The van der Waals surface area contributed by atoms with E-state index >= 15 is 0 Å². The number of amides is 1. The number of carbonyl (C=O) groups is 1. The molecule has 1 aromatic carbocycles. The Morgan fingerprint density at radius 2 is 2.25 bits per heavy atom. The second-order valence-electron chi connectivity index (χ2n) is 5.15. The molecule has 2 heterocycles. The van der Waals surface area contributed by atoms with E-state index in [1.807, 2.05) is 0 Å². The van der Waals surface area contributed by atoms with Crippen molar-refractivity contribution in [1.29, 1.82) is 0 Å². The van der Waals surface area contributed by atoms with Gasteiger partial charge in [0.25, 0.3) is 5.91 Å². The number of fused-ring (bicyclic) bond motifs is 1. The van der Waals surface area contributed by atoms with Gasteiger partial charge in [-0.1, -0.05) is 11.6 Å². The fourth-order valence-corrected chi connectivity index (χ4v) is 2.45. The number of hydrogen-bond donors (Lipinski definition) is 1. The van der Waals surface area contributed by atoms with Crippen molar-refractivity contribution in [3.8, 4) is 11.5 Å². The van der Waals surface area contributed by atoms with E-state index in [-0.39, 0.29) is 5.91 Å². The number of pyridine rings is 1. The number of methoxy groups -OCH3 is 1. The van der Waals surface area contributed by atoms with Gasteiger partial charge in [0.1, 0.15) is 10.7 Å². The van der Waals surface area contributed by atoms with Crippen LogP contribution in [0.3, 0.4) is 0 Å². The molecule has 0 unspecified atom stereocenters. The Hall–Kier alpha value is -2.44. The average molecular weight is 346 g/mol. The number of aromatic nitrogens is 2. The van der Waals surface area contributed by atoms with E-state index in [1.54, 1.807) is 43.6 Å². The van der Waals surface area contributed by atoms with Crippen LogP contribution in [0.25, 0.3) is 22.6 Å². The predicted octanol–water partition coefficient (Wildman–Crippen LogP) is 3.31. The molecule has 1 N–H and O–H groups in total. The fourth-order valence-electron chi connectivity index (χ4n) is 2.25. The van der Waals surface area contributed by atoms with Crippen molar-refractivity contribution >= 4 is 28.6 Å². The number of hydrogen-bond acceptors (Lipinski definition) is 5. The maximum atomic E-state index is 12.1. The predicted molar refractivity (Wildman–Crippen MR) is 91.1 cm³/mol. The number of nitrogens with zero attached hydrogens (tertiary/aromatic N) is 2. The largest absolute Gasteiger partial charge is 0.436 e. The quantitative estimate of drug-likeness (QED) is 0.548. The van der Waals surface area contributed by atoms with Crippen molar-refractivity contribution in [3.05, 3.63) is 47.2 Å². The fraction of sp³-hybridized carbons (Fsp3) is 0.235. The van der Waals surface area contributed by atoms with Gasteiger partial charge >= 0.3 is 0 Å². The Kier molecular flexibility index (Phi) is 5.08. The molecule has 0 spiro atoms. The van der Waals surface area contributed by atoms with Crippen LogP contribution in [0.5, 0.6) is 0 Å². The highest BCUT2D eigenvalue weighted by molar-refractivity contribution is 6.31. The van der Waals surface area contributed by atoms with E-state index in [2.05, 4.69) is 15.3 Å². The lowest BCUT2D eigenvalue weighted by Gasteiger charge is -2.04. The summed E-state index contributed by atoms with van der Waals surface area (Å²) < 4.78 is 10.7. The van der Waals surface area contributed by atoms with Crippen LogP contribution < -0.4 is 5.32 Å². The highest BCUT2D eigenvalue weighted by Crippen LogP contribution is 2.28. The molecule has 124 valence electrons. The molecule has 7 heteroatoms. The number of benzene rings is 1. The topological polar surface area (TPSA) is 77.2 Å². The van der Waals surface area contributed by atoms with Crippen molar-refractivity contribution in [3.63, 3.8) is 0 Å². The van der Waals surface area contributed by atoms with Crippen LogP contribution in [0.4, 0.5) is 0 Å². The van der Waals surface area contributed by atoms with Gasteiger partial charge in [0.15, 0.2) is 5.58 Å². The molecule has 3 rings (SSSR count). The van der Waals surface area contributed by atoms with Gasteiger partial charge in [-0.2, -0.15) is 0 Å². The molecule has 0 bridgehead atoms. The summed E-state index contributed by atoms with van der Waals surface area (Å²) in [7, 11) is 1.63. The second-order valence-corrected chi connectivity index (χ2v) is 5.50. The summed E-state index contributed by atoms with van der Waals surface area (Å²) in [6.07, 6.45) is 2.36. The third-order valence-corrected chi connectivity index (χ3v) is 3.75. The molecule has 0 fully saturated rings. The minimum Gasteiger partial charge on any atom is -0.436 e. The molecule has 6 nitrogen and oxygen atoms in total. The Morgan fingerprint density at radius 3 is 3.04 bits per heavy atom. The molecular weight excluding hydrogens is 330 g/mol. The van der Waals surface area contributed by atoms with E-state index in [0.29, 0.717) is 46.4 Å². The summed E-state index contributed by atoms with van der Waals surface area (Å²) in [6, 6.07) is 8.66. The minimum absolute atomic E-state index is 0.156. The molecule has 0 atom stereocenters. The normalized spacial score (nSPS) is 10.9. The third kappa shape index (κ3) is 3.55. The van der Waals surface area contributed by atoms with Crippen LogP contribution in [0.1, 0.15) is 16.8 Å². The molecule has 24 heavy (non-hydrogen) atoms. The van der Waals surface area contributed by atoms with Crippen LogP contribution in [0, 0.1) is 0 Å². The van der Waals surface area contributed by atoms with Gasteiger partial charge in [0.05, 0.1) is 5.56 Å². The lowest BCUT2D eigenvalue weighted by atomic mass is 10.2. The van der Waals surface area contributed by atoms with Gasteiger partial charge in [0.2, 0.25) is 5.89 Å². The summed E-state index contributed by atoms with van der Waals surface area (Å²) in [5, 5.41) is 3.16. The van der Waals surface area contributed by atoms with Gasteiger partial charge in [0, 0.05) is 32.0 Å². The van der Waals surface area contributed by atoms with Crippen LogP contribution in [-0.2, 0) is 4.74 Å². The molecular formula is C17H16ClN3O3. The van der Waals surface area contributed by atoms with Gasteiger partial charge < -0.3 is 14.5 Å². The average Bonchev–Trinajstić information content (AvgIpc) is 3.01. The maximum Gasteiger partial charge on any atom is 0.251 e. The van der Waals surface area contributed by atoms with Crippen molar-refractivity contribution in [1.82, 2.24) is 15.3 Å². The van der Waals surface area contributed by atoms with E-state index < -0.39 is 0 Å². The number of nitrogens with one attached hydrogen (secondary N) is 1. The van der Waals surface area contributed by atoms with E-state index in [4.69, 9.17) is 20.8 Å². The van der Waals surface area contributed by atoms with Crippen molar-refractivity contribution in [2.45, 2.75) is 6.42 Å². The van der Waals surface area contributed by atoms with Gasteiger partial charge in [-0.25, -0.2) is 9.97 Å². The van der Waals surface area contributed by atoms with Crippen LogP contribution in [0.2, 0.25) is 5.15 Å². The number of oxazole rings is 1. The monoisotopic (exact) mass is 345 g/mol. The first-order valence-corrected chi connectivity index (χ1v) is 7.85. The summed E-state index contributed by atoms with van der Waals surface area (Å²) in [6.45, 7) is 1.16. The van der Waals surface area contributed by atoms with Crippen LogP contribution in [0.15, 0.2) is 40.9 Å².